The van der Waals surface area contributed by atoms with Gasteiger partial charge in [-0.15, -0.1) is 0 Å². The van der Waals surface area contributed by atoms with Gasteiger partial charge in [0, 0.05) is 11.0 Å². The van der Waals surface area contributed by atoms with Crippen molar-refractivity contribution in [1.29, 1.82) is 0 Å². The topological polar surface area (TPSA) is 20.3 Å². The maximum atomic E-state index is 12.7. The number of nitrogens with zero attached hydrogens (tertiary/aromatic N) is 1. The van der Waals surface area contributed by atoms with Crippen molar-refractivity contribution in [3.05, 3.63) is 70.2 Å². The van der Waals surface area contributed by atoms with Crippen molar-refractivity contribution in [1.82, 2.24) is 4.90 Å². The third-order valence-corrected chi connectivity index (χ3v) is 4.53. The Balaban J connectivity index is 2.18. The summed E-state index contributed by atoms with van der Waals surface area (Å²) in [6.07, 6.45) is 1.41. The summed E-state index contributed by atoms with van der Waals surface area (Å²) in [5, 5.41) is 0. The van der Waals surface area contributed by atoms with Crippen LogP contribution in [0.25, 0.3) is 0 Å². The fourth-order valence-corrected chi connectivity index (χ4v) is 3.25. The van der Waals surface area contributed by atoms with Crippen LogP contribution in [-0.2, 0) is 11.2 Å². The fraction of sp³-hybridized carbons (Fsp3) is 0.316. The molecule has 0 aliphatic heterocycles. The van der Waals surface area contributed by atoms with E-state index in [0.717, 1.165) is 28.6 Å². The monoisotopic (exact) mass is 359 g/mol. The van der Waals surface area contributed by atoms with Crippen LogP contribution >= 0.6 is 15.9 Å². The molecule has 0 aliphatic carbocycles. The molecule has 1 atom stereocenters. The smallest absolute Gasteiger partial charge is 0.227 e. The van der Waals surface area contributed by atoms with E-state index in [4.69, 9.17) is 0 Å². The Bertz CT molecular complexity index is 612. The molecule has 0 N–H and O–H groups in total. The van der Waals surface area contributed by atoms with Crippen LogP contribution in [0.15, 0.2) is 59.1 Å². The Morgan fingerprint density at radius 3 is 2.36 bits per heavy atom. The van der Waals surface area contributed by atoms with Crippen molar-refractivity contribution >= 4 is 21.8 Å². The van der Waals surface area contributed by atoms with E-state index in [2.05, 4.69) is 35.8 Å². The Kier molecular flexibility index (Phi) is 6.20. The second kappa shape index (κ2) is 8.14. The van der Waals surface area contributed by atoms with Gasteiger partial charge in [0.25, 0.3) is 0 Å². The molecule has 2 aromatic carbocycles. The summed E-state index contributed by atoms with van der Waals surface area (Å²) in [5.41, 5.74) is 2.21. The predicted octanol–water partition coefficient (Wildman–Crippen LogP) is 4.99. The van der Waals surface area contributed by atoms with E-state index >= 15 is 0 Å². The predicted molar refractivity (Wildman–Crippen MR) is 94.7 cm³/mol. The van der Waals surface area contributed by atoms with Gasteiger partial charge in [-0.1, -0.05) is 71.4 Å². The van der Waals surface area contributed by atoms with E-state index in [9.17, 15) is 4.79 Å². The van der Waals surface area contributed by atoms with Crippen molar-refractivity contribution < 1.29 is 4.79 Å². The molecule has 0 bridgehead atoms. The van der Waals surface area contributed by atoms with E-state index in [1.165, 1.54) is 0 Å². The highest BCUT2D eigenvalue weighted by Crippen LogP contribution is 2.28. The van der Waals surface area contributed by atoms with E-state index in [1.54, 1.807) is 0 Å². The molecule has 0 heterocycles. The van der Waals surface area contributed by atoms with E-state index in [0.29, 0.717) is 6.42 Å². The standard InChI is InChI=1S/C19H22BrNO/c1-3-13-21(15(2)17-11-7-8-12-18(17)20)19(22)14-16-9-5-4-6-10-16/h4-12,15H,3,13-14H2,1-2H3. The van der Waals surface area contributed by atoms with E-state index in [1.807, 2.05) is 53.4 Å². The maximum absolute atomic E-state index is 12.7. The van der Waals surface area contributed by atoms with Crippen molar-refractivity contribution in [2.75, 3.05) is 6.54 Å². The molecule has 0 spiro atoms. The number of rotatable bonds is 6. The minimum Gasteiger partial charge on any atom is -0.336 e. The first kappa shape index (κ1) is 16.8. The van der Waals surface area contributed by atoms with Gasteiger partial charge in [-0.05, 0) is 30.5 Å². The van der Waals surface area contributed by atoms with Crippen molar-refractivity contribution in [2.24, 2.45) is 0 Å². The van der Waals surface area contributed by atoms with Gasteiger partial charge in [-0.2, -0.15) is 0 Å². The quantitative estimate of drug-likeness (QED) is 0.711. The number of hydrogen-bond acceptors (Lipinski definition) is 1. The third kappa shape index (κ3) is 4.20. The van der Waals surface area contributed by atoms with Crippen LogP contribution in [0.1, 0.15) is 37.4 Å². The van der Waals surface area contributed by atoms with Gasteiger partial charge < -0.3 is 4.90 Å². The number of carbonyl (C=O) groups is 1. The third-order valence-electron chi connectivity index (χ3n) is 3.81. The molecule has 116 valence electrons. The Labute approximate surface area is 141 Å². The van der Waals surface area contributed by atoms with Crippen LogP contribution in [0.5, 0.6) is 0 Å². The van der Waals surface area contributed by atoms with Crippen molar-refractivity contribution in [3.8, 4) is 0 Å². The molecule has 0 fully saturated rings. The zero-order valence-corrected chi connectivity index (χ0v) is 14.7. The van der Waals surface area contributed by atoms with Gasteiger partial charge >= 0.3 is 0 Å². The summed E-state index contributed by atoms with van der Waals surface area (Å²) < 4.78 is 1.05. The first-order valence-electron chi connectivity index (χ1n) is 7.71. The lowest BCUT2D eigenvalue weighted by Crippen LogP contribution is -2.35. The number of benzene rings is 2. The Hall–Kier alpha value is -1.61. The zero-order chi connectivity index (χ0) is 15.9. The Morgan fingerprint density at radius 2 is 1.73 bits per heavy atom. The molecule has 2 aromatic rings. The van der Waals surface area contributed by atoms with Gasteiger partial charge in [-0.3, -0.25) is 4.79 Å². The number of amides is 1. The van der Waals surface area contributed by atoms with E-state index < -0.39 is 0 Å². The van der Waals surface area contributed by atoms with Crippen LogP contribution in [0.4, 0.5) is 0 Å². The van der Waals surface area contributed by atoms with Gasteiger partial charge in [0.05, 0.1) is 12.5 Å². The molecule has 1 amide bonds. The lowest BCUT2D eigenvalue weighted by molar-refractivity contribution is -0.132. The highest BCUT2D eigenvalue weighted by molar-refractivity contribution is 9.10. The van der Waals surface area contributed by atoms with Gasteiger partial charge in [0.1, 0.15) is 0 Å². The van der Waals surface area contributed by atoms with Crippen LogP contribution in [0.2, 0.25) is 0 Å². The molecule has 1 unspecified atom stereocenters. The molecular weight excluding hydrogens is 338 g/mol. The van der Waals surface area contributed by atoms with Crippen LogP contribution in [0.3, 0.4) is 0 Å². The van der Waals surface area contributed by atoms with Gasteiger partial charge in [0.2, 0.25) is 5.91 Å². The summed E-state index contributed by atoms with van der Waals surface area (Å²) in [4.78, 5) is 14.7. The zero-order valence-electron chi connectivity index (χ0n) is 13.1. The van der Waals surface area contributed by atoms with Crippen LogP contribution in [0, 0.1) is 0 Å². The molecule has 0 aliphatic rings. The molecule has 0 saturated carbocycles. The highest BCUT2D eigenvalue weighted by Gasteiger charge is 2.22. The van der Waals surface area contributed by atoms with Crippen LogP contribution in [-0.4, -0.2) is 17.4 Å². The second-order valence-corrected chi connectivity index (χ2v) is 6.30. The number of hydrogen-bond donors (Lipinski definition) is 0. The first-order chi connectivity index (χ1) is 10.6. The maximum Gasteiger partial charge on any atom is 0.227 e. The average molecular weight is 360 g/mol. The molecule has 2 rings (SSSR count). The van der Waals surface area contributed by atoms with Crippen LogP contribution < -0.4 is 0 Å². The molecule has 2 nitrogen and oxygen atoms in total. The highest BCUT2D eigenvalue weighted by atomic mass is 79.9. The van der Waals surface area contributed by atoms with Crippen molar-refractivity contribution in [3.63, 3.8) is 0 Å². The minimum atomic E-state index is 0.0618. The second-order valence-electron chi connectivity index (χ2n) is 5.45. The van der Waals surface area contributed by atoms with Gasteiger partial charge in [0.15, 0.2) is 0 Å². The summed E-state index contributed by atoms with van der Waals surface area (Å²) in [5.74, 6) is 0.177. The fourth-order valence-electron chi connectivity index (χ4n) is 2.63. The van der Waals surface area contributed by atoms with Crippen molar-refractivity contribution in [2.45, 2.75) is 32.7 Å². The largest absolute Gasteiger partial charge is 0.336 e. The normalized spacial score (nSPS) is 12.0. The minimum absolute atomic E-state index is 0.0618. The SMILES string of the molecule is CCCN(C(=O)Cc1ccccc1)C(C)c1ccccc1Br. The lowest BCUT2D eigenvalue weighted by Gasteiger charge is -2.30. The molecular formula is C19H22BrNO. The summed E-state index contributed by atoms with van der Waals surface area (Å²) >= 11 is 3.59. The summed E-state index contributed by atoms with van der Waals surface area (Å²) in [6, 6.07) is 18.1. The first-order valence-corrected chi connectivity index (χ1v) is 8.50. The molecule has 0 aromatic heterocycles. The average Bonchev–Trinajstić information content (AvgIpc) is 2.53. The van der Waals surface area contributed by atoms with E-state index in [-0.39, 0.29) is 11.9 Å². The number of carbonyl (C=O) groups excluding carboxylic acids is 1. The van der Waals surface area contributed by atoms with Gasteiger partial charge in [-0.25, -0.2) is 0 Å². The summed E-state index contributed by atoms with van der Waals surface area (Å²) in [6.45, 7) is 4.97. The number of halogens is 1. The molecule has 22 heavy (non-hydrogen) atoms. The molecule has 0 saturated heterocycles. The Morgan fingerprint density at radius 1 is 1.09 bits per heavy atom. The lowest BCUT2D eigenvalue weighted by atomic mass is 10.0. The summed E-state index contributed by atoms with van der Waals surface area (Å²) in [7, 11) is 0. The molecule has 3 heteroatoms. The molecule has 0 radical (unpaired) electrons.